The Labute approximate surface area is 204 Å². The predicted molar refractivity (Wildman–Crippen MR) is 106 cm³/mol. The minimum Gasteiger partial charge on any atom is -0.495 e. The molecule has 0 saturated carbocycles. The molecular weight excluding hydrogens is 507 g/mol. The first-order valence-electron chi connectivity index (χ1n) is 8.42. The van der Waals surface area contributed by atoms with Crippen LogP contribution in [0.1, 0.15) is 32.8 Å². The normalized spacial score (nSPS) is 18.6. The Morgan fingerprint density at radius 2 is 1.86 bits per heavy atom. The van der Waals surface area contributed by atoms with Crippen molar-refractivity contribution in [2.45, 2.75) is 32.6 Å². The van der Waals surface area contributed by atoms with Gasteiger partial charge in [0.15, 0.2) is 0 Å². The molecule has 1 unspecified atom stereocenters. The molecule has 1 aliphatic heterocycles. The predicted octanol–water partition coefficient (Wildman–Crippen LogP) is 3.84. The summed E-state index contributed by atoms with van der Waals surface area (Å²) in [7, 11) is 1.97. The molecule has 9 heteroatoms. The van der Waals surface area contributed by atoms with Gasteiger partial charge in [-0.05, 0) is 30.3 Å². The zero-order valence-electron chi connectivity index (χ0n) is 16.9. The number of ether oxygens (including phenoxy) is 1. The van der Waals surface area contributed by atoms with Crippen LogP contribution in [-0.4, -0.2) is 36.8 Å². The standard InChI is InChI=1S/C18H22N3O3.C2H5.3Co/c1-5-24-17(23)12-16(22)20-19-11-10-15-18(2,3)13-8-6-7-9-14(13)21(15)4;1-2;;;/h6-11H,2,5,12H2,1,3-4H3,(H,20,22);1H2,2H3;;;/q2*-1;;;/b15-10-,19-11+;;;;. The van der Waals surface area contributed by atoms with E-state index in [1.807, 2.05) is 32.2 Å². The van der Waals surface area contributed by atoms with Gasteiger partial charge >= 0.3 is 5.97 Å². The minimum absolute atomic E-state index is 0. The van der Waals surface area contributed by atoms with Gasteiger partial charge in [0, 0.05) is 63.1 Å². The van der Waals surface area contributed by atoms with Crippen molar-refractivity contribution in [2.75, 3.05) is 18.6 Å². The zero-order chi connectivity index (χ0) is 19.7. The summed E-state index contributed by atoms with van der Waals surface area (Å²) in [6, 6.07) is 8.07. The first-order chi connectivity index (χ1) is 12.4. The first-order valence-corrected chi connectivity index (χ1v) is 8.42. The number of para-hydroxylation sites is 1. The second kappa shape index (κ2) is 15.7. The third kappa shape index (κ3) is 8.65. The molecule has 1 heterocycles. The van der Waals surface area contributed by atoms with Gasteiger partial charge in [-0.25, -0.2) is 0 Å². The number of fused-ring (bicyclic) bond motifs is 1. The number of hydrogen-bond donors (Lipinski definition) is 1. The number of aliphatic hydroxyl groups excluding tert-OH is 1. The first kappa shape index (κ1) is 32.6. The van der Waals surface area contributed by atoms with Crippen LogP contribution in [0.4, 0.5) is 5.69 Å². The van der Waals surface area contributed by atoms with E-state index in [-0.39, 0.29) is 69.3 Å². The average Bonchev–Trinajstić information content (AvgIpc) is 2.81. The minimum atomic E-state index is -0.538. The van der Waals surface area contributed by atoms with E-state index in [0.29, 0.717) is 0 Å². The number of aliphatic hydroxyl groups is 1. The molecule has 1 aromatic carbocycles. The molecule has 0 spiro atoms. The van der Waals surface area contributed by atoms with Crippen LogP contribution in [0, 0.1) is 13.8 Å². The van der Waals surface area contributed by atoms with Crippen molar-refractivity contribution in [3.63, 3.8) is 0 Å². The van der Waals surface area contributed by atoms with Gasteiger partial charge in [0.1, 0.15) is 6.42 Å². The quantitative estimate of drug-likeness (QED) is 0.205. The Bertz CT molecular complexity index is 720. The Morgan fingerprint density at radius 1 is 1.28 bits per heavy atom. The monoisotopic (exact) mass is 534 g/mol. The van der Waals surface area contributed by atoms with Crippen LogP contribution < -0.4 is 4.90 Å². The molecule has 0 amide bonds. The number of carbonyl (C=O) groups excluding carboxylic acids is 1. The summed E-state index contributed by atoms with van der Waals surface area (Å²) in [5.74, 6) is -0.924. The largest absolute Gasteiger partial charge is 0.495 e. The van der Waals surface area contributed by atoms with Crippen molar-refractivity contribution >= 4 is 23.8 Å². The molecule has 0 aromatic heterocycles. The average molecular weight is 534 g/mol. The SMILES string of the molecule is [CH2-]C.[CH2-]C1(C)/C(=C/C=N/N=C(\O)CC(=O)OCC)N(C)c2ccccc21.[Co].[Co].[Co]. The van der Waals surface area contributed by atoms with Crippen molar-refractivity contribution < 1.29 is 65.0 Å². The van der Waals surface area contributed by atoms with Gasteiger partial charge in [-0.15, -0.1) is 5.10 Å². The number of benzene rings is 1. The molecule has 6 nitrogen and oxygen atoms in total. The number of anilines is 1. The van der Waals surface area contributed by atoms with Crippen LogP contribution in [-0.2, 0) is 65.3 Å². The van der Waals surface area contributed by atoms with Crippen molar-refractivity contribution in [1.29, 1.82) is 0 Å². The van der Waals surface area contributed by atoms with Gasteiger partial charge in [-0.1, -0.05) is 30.5 Å². The summed E-state index contributed by atoms with van der Waals surface area (Å²) in [6.45, 7) is 13.3. The van der Waals surface area contributed by atoms with Gasteiger partial charge in [0.2, 0.25) is 5.90 Å². The van der Waals surface area contributed by atoms with E-state index < -0.39 is 11.4 Å². The molecule has 0 fully saturated rings. The maximum absolute atomic E-state index is 11.2. The van der Waals surface area contributed by atoms with E-state index in [1.165, 1.54) is 6.21 Å². The number of esters is 1. The van der Waals surface area contributed by atoms with Gasteiger partial charge < -0.3 is 28.6 Å². The molecule has 1 N–H and O–H groups in total. The molecule has 0 bridgehead atoms. The van der Waals surface area contributed by atoms with Crippen LogP contribution in [0.3, 0.4) is 0 Å². The van der Waals surface area contributed by atoms with Gasteiger partial charge in [-0.3, -0.25) is 4.79 Å². The topological polar surface area (TPSA) is 74.5 Å². The third-order valence-electron chi connectivity index (χ3n) is 3.87. The molecule has 29 heavy (non-hydrogen) atoms. The van der Waals surface area contributed by atoms with Crippen molar-refractivity contribution in [3.05, 3.63) is 55.4 Å². The van der Waals surface area contributed by atoms with Crippen LogP contribution in [0.15, 0.2) is 46.2 Å². The number of likely N-dealkylation sites (N-methyl/N-ethyl adjacent to an activating group) is 1. The number of rotatable bonds is 5. The van der Waals surface area contributed by atoms with E-state index in [4.69, 9.17) is 4.74 Å². The van der Waals surface area contributed by atoms with Gasteiger partial charge in [0.25, 0.3) is 0 Å². The van der Waals surface area contributed by atoms with E-state index in [0.717, 1.165) is 16.9 Å². The van der Waals surface area contributed by atoms with Crippen LogP contribution in [0.5, 0.6) is 0 Å². The Balaban J connectivity index is -0.00000131. The van der Waals surface area contributed by atoms with Gasteiger partial charge in [0.05, 0.1) is 12.8 Å². The number of allylic oxidation sites excluding steroid dienone is 2. The molecule has 1 aromatic rings. The summed E-state index contributed by atoms with van der Waals surface area (Å²) in [5, 5.41) is 16.9. The molecule has 169 valence electrons. The van der Waals surface area contributed by atoms with Gasteiger partial charge in [-0.2, -0.15) is 12.0 Å². The molecule has 1 atom stereocenters. The molecule has 1 aliphatic rings. The van der Waals surface area contributed by atoms with Crippen molar-refractivity contribution in [1.82, 2.24) is 0 Å². The second-order valence-corrected chi connectivity index (χ2v) is 5.72. The van der Waals surface area contributed by atoms with Crippen LogP contribution >= 0.6 is 0 Å². The molecule has 0 aliphatic carbocycles. The summed E-state index contributed by atoms with van der Waals surface area (Å²) in [6.07, 6.45) is 2.98. The Kier molecular flexibility index (Phi) is 17.6. The summed E-state index contributed by atoms with van der Waals surface area (Å²) < 4.78 is 4.72. The van der Waals surface area contributed by atoms with E-state index >= 15 is 0 Å². The van der Waals surface area contributed by atoms with E-state index in [9.17, 15) is 9.90 Å². The number of carbonyl (C=O) groups is 1. The fourth-order valence-corrected chi connectivity index (χ4v) is 2.75. The molecule has 3 radical (unpaired) electrons. The third-order valence-corrected chi connectivity index (χ3v) is 3.87. The maximum Gasteiger partial charge on any atom is 0.315 e. The van der Waals surface area contributed by atoms with E-state index in [1.54, 1.807) is 19.9 Å². The zero-order valence-corrected chi connectivity index (χ0v) is 20.0. The van der Waals surface area contributed by atoms with Crippen LogP contribution in [0.25, 0.3) is 0 Å². The Morgan fingerprint density at radius 3 is 2.41 bits per heavy atom. The smallest absolute Gasteiger partial charge is 0.315 e. The fraction of sp³-hybridized carbons (Fsp3) is 0.350. The molecule has 2 rings (SSSR count). The maximum atomic E-state index is 11.2. The van der Waals surface area contributed by atoms with Crippen molar-refractivity contribution in [3.8, 4) is 0 Å². The molecular formula is C20H27Co3N3O3-2. The summed E-state index contributed by atoms with van der Waals surface area (Å²) in [5.41, 5.74) is 2.81. The van der Waals surface area contributed by atoms with Crippen molar-refractivity contribution in [2.24, 2.45) is 10.2 Å². The number of nitrogens with zero attached hydrogens (tertiary/aromatic N) is 3. The van der Waals surface area contributed by atoms with E-state index in [2.05, 4.69) is 35.0 Å². The molecule has 0 saturated heterocycles. The summed E-state index contributed by atoms with van der Waals surface area (Å²) >= 11 is 0. The fourth-order valence-electron chi connectivity index (χ4n) is 2.75. The Hall–Kier alpha value is -1.11. The second-order valence-electron chi connectivity index (χ2n) is 5.72. The summed E-state index contributed by atoms with van der Waals surface area (Å²) in [4.78, 5) is 13.3. The van der Waals surface area contributed by atoms with Crippen LogP contribution in [0.2, 0.25) is 0 Å². The number of hydrogen-bond acceptors (Lipinski definition) is 5.